The second-order valence-corrected chi connectivity index (χ2v) is 5.61. The Morgan fingerprint density at radius 3 is 2.82 bits per heavy atom. The molecule has 0 aliphatic rings. The summed E-state index contributed by atoms with van der Waals surface area (Å²) in [6, 6.07) is -1.27. The van der Waals surface area contributed by atoms with Crippen LogP contribution in [0.2, 0.25) is 0 Å². The first kappa shape index (κ1) is 14.0. The van der Waals surface area contributed by atoms with E-state index in [9.17, 15) is 13.2 Å². The number of carboxylic acid groups (broad SMARTS) is 1. The summed E-state index contributed by atoms with van der Waals surface area (Å²) in [6.45, 7) is -0.322. The van der Waals surface area contributed by atoms with Gasteiger partial charge in [0.2, 0.25) is 0 Å². The van der Waals surface area contributed by atoms with E-state index in [1.165, 1.54) is 11.3 Å². The maximum absolute atomic E-state index is 11.4. The van der Waals surface area contributed by atoms with Crippen LogP contribution in [-0.4, -0.2) is 37.1 Å². The molecule has 0 radical (unpaired) electrons. The lowest BCUT2D eigenvalue weighted by Gasteiger charge is -2.09. The molecule has 0 spiro atoms. The van der Waals surface area contributed by atoms with Gasteiger partial charge in [0.15, 0.2) is 0 Å². The minimum absolute atomic E-state index is 0.0509. The van der Waals surface area contributed by atoms with Crippen LogP contribution in [0.3, 0.4) is 0 Å². The smallest absolute Gasteiger partial charge is 0.321 e. The van der Waals surface area contributed by atoms with Crippen molar-refractivity contribution in [1.29, 1.82) is 0 Å². The molecule has 0 amide bonds. The van der Waals surface area contributed by atoms with Crippen molar-refractivity contribution in [3.8, 4) is 0 Å². The Morgan fingerprint density at radius 2 is 2.29 bits per heavy atom. The number of aromatic nitrogens is 1. The van der Waals surface area contributed by atoms with Crippen molar-refractivity contribution < 1.29 is 18.3 Å². The van der Waals surface area contributed by atoms with Gasteiger partial charge in [0.05, 0.1) is 6.54 Å². The molecule has 8 nitrogen and oxygen atoms in total. The van der Waals surface area contributed by atoms with Crippen molar-refractivity contribution in [1.82, 2.24) is 14.4 Å². The van der Waals surface area contributed by atoms with E-state index in [4.69, 9.17) is 10.8 Å². The van der Waals surface area contributed by atoms with Crippen LogP contribution in [0.4, 0.5) is 0 Å². The van der Waals surface area contributed by atoms with Crippen molar-refractivity contribution in [3.05, 3.63) is 16.6 Å². The number of carbonyl (C=O) groups is 1. The summed E-state index contributed by atoms with van der Waals surface area (Å²) in [5, 5.41) is 10.8. The molecule has 0 fully saturated rings. The van der Waals surface area contributed by atoms with Gasteiger partial charge in [0, 0.05) is 18.1 Å². The topological polar surface area (TPSA) is 134 Å². The Balaban J connectivity index is 2.39. The third-order valence-corrected chi connectivity index (χ3v) is 3.56. The standard InChI is InChI=1S/C7H12N4O4S2/c8-5(7(12)13)3-10-17(14,15)11-4-6-9-1-2-16-6/h1-2,5,10-11H,3-4,8H2,(H,12,13). The Labute approximate surface area is 102 Å². The second kappa shape index (κ2) is 6.02. The van der Waals surface area contributed by atoms with E-state index < -0.39 is 22.2 Å². The molecule has 17 heavy (non-hydrogen) atoms. The lowest BCUT2D eigenvalue weighted by atomic mass is 10.3. The molecule has 1 rings (SSSR count). The largest absolute Gasteiger partial charge is 0.480 e. The number of nitrogens with two attached hydrogens (primary N) is 1. The van der Waals surface area contributed by atoms with E-state index in [1.807, 2.05) is 4.72 Å². The molecular weight excluding hydrogens is 268 g/mol. The van der Waals surface area contributed by atoms with Crippen LogP contribution in [-0.2, 0) is 21.5 Å². The molecule has 0 aromatic carbocycles. The number of nitrogens with zero attached hydrogens (tertiary/aromatic N) is 1. The molecule has 1 heterocycles. The molecule has 1 aromatic heterocycles. The van der Waals surface area contributed by atoms with E-state index in [1.54, 1.807) is 11.6 Å². The van der Waals surface area contributed by atoms with Gasteiger partial charge >= 0.3 is 5.97 Å². The predicted molar refractivity (Wildman–Crippen MR) is 61.5 cm³/mol. The zero-order valence-corrected chi connectivity index (χ0v) is 10.3. The summed E-state index contributed by atoms with van der Waals surface area (Å²) < 4.78 is 27.0. The van der Waals surface area contributed by atoms with E-state index >= 15 is 0 Å². The minimum atomic E-state index is -3.76. The Kier molecular flexibility index (Phi) is 4.96. The molecule has 0 aliphatic carbocycles. The van der Waals surface area contributed by atoms with Crippen LogP contribution in [0.5, 0.6) is 0 Å². The van der Waals surface area contributed by atoms with Crippen molar-refractivity contribution in [2.45, 2.75) is 12.6 Å². The molecule has 0 saturated carbocycles. The summed E-state index contributed by atoms with van der Waals surface area (Å²) in [5.74, 6) is -1.27. The summed E-state index contributed by atoms with van der Waals surface area (Å²) in [5.41, 5.74) is 5.15. The number of hydrogen-bond donors (Lipinski definition) is 4. The molecule has 1 unspecified atom stereocenters. The summed E-state index contributed by atoms with van der Waals surface area (Å²) in [6.07, 6.45) is 1.56. The van der Waals surface area contributed by atoms with Crippen molar-refractivity contribution in [2.75, 3.05) is 6.54 Å². The van der Waals surface area contributed by atoms with Gasteiger partial charge in [0.25, 0.3) is 10.2 Å². The predicted octanol–water partition coefficient (Wildman–Crippen LogP) is -1.52. The monoisotopic (exact) mass is 280 g/mol. The average molecular weight is 280 g/mol. The van der Waals surface area contributed by atoms with Crippen LogP contribution >= 0.6 is 11.3 Å². The van der Waals surface area contributed by atoms with Crippen LogP contribution in [0.1, 0.15) is 5.01 Å². The maximum atomic E-state index is 11.4. The quantitative estimate of drug-likeness (QED) is 0.479. The van der Waals surface area contributed by atoms with E-state index in [-0.39, 0.29) is 13.1 Å². The summed E-state index contributed by atoms with van der Waals surface area (Å²) >= 11 is 1.31. The third-order valence-electron chi connectivity index (χ3n) is 1.71. The van der Waals surface area contributed by atoms with Gasteiger partial charge in [-0.05, 0) is 0 Å². The Bertz CT molecular complexity index is 458. The first-order valence-corrected chi connectivity index (χ1v) is 6.88. The van der Waals surface area contributed by atoms with Crippen molar-refractivity contribution >= 4 is 27.5 Å². The number of hydrogen-bond acceptors (Lipinski definition) is 6. The van der Waals surface area contributed by atoms with Gasteiger partial charge in [-0.3, -0.25) is 4.79 Å². The number of nitrogens with one attached hydrogen (secondary N) is 2. The zero-order chi connectivity index (χ0) is 12.9. The Morgan fingerprint density at radius 1 is 1.59 bits per heavy atom. The van der Waals surface area contributed by atoms with E-state index in [0.717, 1.165) is 0 Å². The normalized spacial score (nSPS) is 13.5. The number of carboxylic acids is 1. The molecule has 10 heteroatoms. The van der Waals surface area contributed by atoms with Gasteiger partial charge in [-0.25, -0.2) is 9.71 Å². The van der Waals surface area contributed by atoms with Crippen molar-refractivity contribution in [2.24, 2.45) is 5.73 Å². The summed E-state index contributed by atoms with van der Waals surface area (Å²) in [4.78, 5) is 14.3. The van der Waals surface area contributed by atoms with E-state index in [2.05, 4.69) is 9.71 Å². The first-order chi connectivity index (χ1) is 7.91. The van der Waals surface area contributed by atoms with Crippen LogP contribution in [0.15, 0.2) is 11.6 Å². The lowest BCUT2D eigenvalue weighted by Crippen LogP contribution is -2.45. The van der Waals surface area contributed by atoms with Gasteiger partial charge in [-0.1, -0.05) is 0 Å². The molecule has 5 N–H and O–H groups in total. The minimum Gasteiger partial charge on any atom is -0.480 e. The summed E-state index contributed by atoms with van der Waals surface area (Å²) in [7, 11) is -3.76. The van der Waals surface area contributed by atoms with Crippen LogP contribution < -0.4 is 15.2 Å². The second-order valence-electron chi connectivity index (χ2n) is 3.04. The van der Waals surface area contributed by atoms with Gasteiger partial charge in [-0.2, -0.15) is 13.1 Å². The highest BCUT2D eigenvalue weighted by Gasteiger charge is 2.16. The molecule has 0 aliphatic heterocycles. The first-order valence-electron chi connectivity index (χ1n) is 4.52. The van der Waals surface area contributed by atoms with Crippen LogP contribution in [0, 0.1) is 0 Å². The fourth-order valence-corrected chi connectivity index (χ4v) is 2.31. The molecule has 1 aromatic rings. The fourth-order valence-electron chi connectivity index (χ4n) is 0.835. The highest BCUT2D eigenvalue weighted by atomic mass is 32.2. The van der Waals surface area contributed by atoms with Crippen LogP contribution in [0.25, 0.3) is 0 Å². The molecule has 0 saturated heterocycles. The Hall–Kier alpha value is -1.07. The highest BCUT2D eigenvalue weighted by Crippen LogP contribution is 2.02. The number of aliphatic carboxylic acids is 1. The average Bonchev–Trinajstić information content (AvgIpc) is 2.76. The maximum Gasteiger partial charge on any atom is 0.321 e. The van der Waals surface area contributed by atoms with E-state index in [0.29, 0.717) is 5.01 Å². The number of thiazole rings is 1. The molecular formula is C7H12N4O4S2. The zero-order valence-electron chi connectivity index (χ0n) is 8.66. The molecule has 96 valence electrons. The lowest BCUT2D eigenvalue weighted by molar-refractivity contribution is -0.138. The van der Waals surface area contributed by atoms with Crippen molar-refractivity contribution in [3.63, 3.8) is 0 Å². The molecule has 1 atom stereocenters. The number of rotatable bonds is 7. The van der Waals surface area contributed by atoms with Gasteiger partial charge in [0.1, 0.15) is 11.0 Å². The third kappa shape index (κ3) is 5.19. The van der Waals surface area contributed by atoms with Gasteiger partial charge < -0.3 is 10.8 Å². The highest BCUT2D eigenvalue weighted by molar-refractivity contribution is 7.87. The SMILES string of the molecule is NC(CNS(=O)(=O)NCc1nccs1)C(=O)O. The van der Waals surface area contributed by atoms with Gasteiger partial charge in [-0.15, -0.1) is 11.3 Å². The molecule has 0 bridgehead atoms. The fraction of sp³-hybridized carbons (Fsp3) is 0.429.